The lowest BCUT2D eigenvalue weighted by molar-refractivity contribution is -0.151. The highest BCUT2D eigenvalue weighted by atomic mass is 19.1. The summed E-state index contributed by atoms with van der Waals surface area (Å²) in [7, 11) is 0. The molecule has 1 aromatic rings. The molecule has 0 bridgehead atoms. The molecule has 0 spiro atoms. The van der Waals surface area contributed by atoms with Crippen molar-refractivity contribution in [2.75, 3.05) is 0 Å². The summed E-state index contributed by atoms with van der Waals surface area (Å²) in [6, 6.07) is 3.61. The lowest BCUT2D eigenvalue weighted by Crippen LogP contribution is -2.23. The minimum atomic E-state index is -1.49. The number of ether oxygens (including phenoxy) is 1. The van der Waals surface area contributed by atoms with Crippen molar-refractivity contribution in [3.8, 4) is 0 Å². The van der Waals surface area contributed by atoms with E-state index in [1.54, 1.807) is 12.3 Å². The molecular formula is C16H22FNO2. The maximum absolute atomic E-state index is 13.9. The van der Waals surface area contributed by atoms with Gasteiger partial charge in [0.25, 0.3) is 0 Å². The van der Waals surface area contributed by atoms with Gasteiger partial charge in [-0.2, -0.15) is 0 Å². The van der Waals surface area contributed by atoms with Crippen LogP contribution in [0, 0.1) is 12.8 Å². The monoisotopic (exact) mass is 279 g/mol. The van der Waals surface area contributed by atoms with Crippen molar-refractivity contribution in [3.05, 3.63) is 29.6 Å². The molecule has 1 heterocycles. The van der Waals surface area contributed by atoms with E-state index in [0.29, 0.717) is 12.3 Å². The third-order valence-electron chi connectivity index (χ3n) is 3.86. The third kappa shape index (κ3) is 4.58. The Hall–Kier alpha value is -1.45. The number of aryl methyl sites for hydroxylation is 1. The number of carbonyl (C=O) groups is 1. The first-order chi connectivity index (χ1) is 9.65. The van der Waals surface area contributed by atoms with Gasteiger partial charge in [0.2, 0.25) is 0 Å². The van der Waals surface area contributed by atoms with E-state index in [0.717, 1.165) is 36.9 Å². The van der Waals surface area contributed by atoms with E-state index in [-0.39, 0.29) is 6.61 Å². The number of alkyl halides is 1. The highest BCUT2D eigenvalue weighted by molar-refractivity contribution is 5.74. The van der Waals surface area contributed by atoms with Crippen LogP contribution < -0.4 is 0 Å². The summed E-state index contributed by atoms with van der Waals surface area (Å²) in [6.07, 6.45) is 6.11. The average molecular weight is 279 g/mol. The molecule has 1 saturated carbocycles. The second-order valence-electron chi connectivity index (χ2n) is 5.62. The van der Waals surface area contributed by atoms with Gasteiger partial charge in [-0.15, -0.1) is 0 Å². The fourth-order valence-electron chi connectivity index (χ4n) is 2.75. The molecule has 0 saturated heterocycles. The summed E-state index contributed by atoms with van der Waals surface area (Å²) >= 11 is 0. The van der Waals surface area contributed by atoms with Gasteiger partial charge in [0, 0.05) is 11.9 Å². The number of hydrogen-bond donors (Lipinski definition) is 0. The summed E-state index contributed by atoms with van der Waals surface area (Å²) in [6.45, 7) is 1.99. The molecule has 2 rings (SSSR count). The Kier molecular flexibility index (Phi) is 5.50. The normalized spacial score (nSPS) is 17.7. The summed E-state index contributed by atoms with van der Waals surface area (Å²) in [5.41, 5.74) is 1.70. The second kappa shape index (κ2) is 7.36. The molecule has 4 heteroatoms. The van der Waals surface area contributed by atoms with Crippen LogP contribution in [0.4, 0.5) is 4.39 Å². The topological polar surface area (TPSA) is 39.2 Å². The number of hydrogen-bond acceptors (Lipinski definition) is 3. The predicted molar refractivity (Wildman–Crippen MR) is 74.9 cm³/mol. The highest BCUT2D eigenvalue weighted by Crippen LogP contribution is 2.28. The summed E-state index contributed by atoms with van der Waals surface area (Å²) < 4.78 is 18.9. The van der Waals surface area contributed by atoms with E-state index in [2.05, 4.69) is 4.98 Å². The zero-order valence-electron chi connectivity index (χ0n) is 12.0. The summed E-state index contributed by atoms with van der Waals surface area (Å²) in [4.78, 5) is 15.7. The molecule has 20 heavy (non-hydrogen) atoms. The zero-order valence-corrected chi connectivity index (χ0v) is 12.0. The Bertz CT molecular complexity index is 444. The predicted octanol–water partition coefficient (Wildman–Crippen LogP) is 3.74. The van der Waals surface area contributed by atoms with E-state index in [1.807, 2.05) is 13.0 Å². The smallest absolute Gasteiger partial charge is 0.341 e. The van der Waals surface area contributed by atoms with Crippen LogP contribution in [0.1, 0.15) is 49.8 Å². The van der Waals surface area contributed by atoms with E-state index in [4.69, 9.17) is 4.74 Å². The van der Waals surface area contributed by atoms with Gasteiger partial charge in [0.15, 0.2) is 6.17 Å². The maximum atomic E-state index is 13.9. The van der Waals surface area contributed by atoms with E-state index >= 15 is 0 Å². The minimum absolute atomic E-state index is 0.118. The van der Waals surface area contributed by atoms with Gasteiger partial charge in [0.05, 0.1) is 0 Å². The third-order valence-corrected chi connectivity index (χ3v) is 3.86. The molecule has 0 amide bonds. The van der Waals surface area contributed by atoms with Crippen molar-refractivity contribution in [1.82, 2.24) is 4.98 Å². The van der Waals surface area contributed by atoms with Gasteiger partial charge in [-0.05, 0) is 37.0 Å². The number of esters is 1. The van der Waals surface area contributed by atoms with Crippen LogP contribution in [-0.4, -0.2) is 17.1 Å². The van der Waals surface area contributed by atoms with Crippen LogP contribution in [0.15, 0.2) is 18.3 Å². The first-order valence-electron chi connectivity index (χ1n) is 7.37. The van der Waals surface area contributed by atoms with Crippen molar-refractivity contribution in [2.24, 2.45) is 5.92 Å². The molecule has 0 aliphatic heterocycles. The van der Waals surface area contributed by atoms with Gasteiger partial charge in [-0.25, -0.2) is 9.18 Å². The lowest BCUT2D eigenvalue weighted by Gasteiger charge is -2.22. The van der Waals surface area contributed by atoms with Crippen molar-refractivity contribution in [2.45, 2.75) is 58.2 Å². The molecular weight excluding hydrogens is 257 g/mol. The SMILES string of the molecule is Cc1cc(COC(=O)C(F)CC2CCCCC2)ccn1. The number of carbonyl (C=O) groups excluding carboxylic acids is 1. The Morgan fingerprint density at radius 2 is 2.20 bits per heavy atom. The Morgan fingerprint density at radius 3 is 2.90 bits per heavy atom. The fraction of sp³-hybridized carbons (Fsp3) is 0.625. The Balaban J connectivity index is 1.76. The van der Waals surface area contributed by atoms with Gasteiger partial charge < -0.3 is 4.74 Å². The number of rotatable bonds is 5. The molecule has 1 aliphatic rings. The molecule has 1 fully saturated rings. The van der Waals surface area contributed by atoms with Crippen LogP contribution in [0.2, 0.25) is 0 Å². The molecule has 0 aromatic carbocycles. The Morgan fingerprint density at radius 1 is 1.45 bits per heavy atom. The number of halogens is 1. The van der Waals surface area contributed by atoms with Crippen LogP contribution >= 0.6 is 0 Å². The quantitative estimate of drug-likeness (QED) is 0.771. The van der Waals surface area contributed by atoms with E-state index in [9.17, 15) is 9.18 Å². The van der Waals surface area contributed by atoms with Gasteiger partial charge in [-0.3, -0.25) is 4.98 Å². The number of aromatic nitrogens is 1. The van der Waals surface area contributed by atoms with Crippen LogP contribution in [0.3, 0.4) is 0 Å². The molecule has 0 radical (unpaired) electrons. The van der Waals surface area contributed by atoms with Crippen molar-refractivity contribution in [3.63, 3.8) is 0 Å². The first-order valence-corrected chi connectivity index (χ1v) is 7.37. The minimum Gasteiger partial charge on any atom is -0.459 e. The van der Waals surface area contributed by atoms with Crippen LogP contribution in [0.25, 0.3) is 0 Å². The number of pyridine rings is 1. The lowest BCUT2D eigenvalue weighted by atomic mass is 9.86. The number of nitrogens with zero attached hydrogens (tertiary/aromatic N) is 1. The Labute approximate surface area is 119 Å². The van der Waals surface area contributed by atoms with Crippen LogP contribution in [-0.2, 0) is 16.1 Å². The van der Waals surface area contributed by atoms with Gasteiger partial charge >= 0.3 is 5.97 Å². The maximum Gasteiger partial charge on any atom is 0.341 e. The van der Waals surface area contributed by atoms with Gasteiger partial charge in [0.1, 0.15) is 6.61 Å². The molecule has 1 atom stereocenters. The zero-order chi connectivity index (χ0) is 14.4. The molecule has 1 aliphatic carbocycles. The molecule has 1 unspecified atom stereocenters. The van der Waals surface area contributed by atoms with Crippen molar-refractivity contribution in [1.29, 1.82) is 0 Å². The summed E-state index contributed by atoms with van der Waals surface area (Å²) in [5, 5.41) is 0. The van der Waals surface area contributed by atoms with E-state index in [1.165, 1.54) is 6.42 Å². The molecule has 3 nitrogen and oxygen atoms in total. The average Bonchev–Trinajstić information content (AvgIpc) is 2.46. The molecule has 110 valence electrons. The second-order valence-corrected chi connectivity index (χ2v) is 5.62. The van der Waals surface area contributed by atoms with E-state index < -0.39 is 12.1 Å². The fourth-order valence-corrected chi connectivity index (χ4v) is 2.75. The standard InChI is InChI=1S/C16H22FNO2/c1-12-9-14(7-8-18-12)11-20-16(19)15(17)10-13-5-3-2-4-6-13/h7-9,13,15H,2-6,10-11H2,1H3. The molecule has 0 N–H and O–H groups in total. The highest BCUT2D eigenvalue weighted by Gasteiger charge is 2.25. The largest absolute Gasteiger partial charge is 0.459 e. The van der Waals surface area contributed by atoms with Crippen molar-refractivity contribution < 1.29 is 13.9 Å². The van der Waals surface area contributed by atoms with Crippen LogP contribution in [0.5, 0.6) is 0 Å². The van der Waals surface area contributed by atoms with Gasteiger partial charge in [-0.1, -0.05) is 32.1 Å². The molecule has 1 aromatic heterocycles. The van der Waals surface area contributed by atoms with Crippen molar-refractivity contribution >= 4 is 5.97 Å². The summed E-state index contributed by atoms with van der Waals surface area (Å²) in [5.74, 6) is -0.389. The first kappa shape index (κ1) is 14.9.